The molecule has 0 radical (unpaired) electrons. The van der Waals surface area contributed by atoms with Gasteiger partial charge in [0.1, 0.15) is 0 Å². The van der Waals surface area contributed by atoms with E-state index in [1.165, 1.54) is 70.6 Å². The Hall–Kier alpha value is -3.37. The smallest absolute Gasteiger partial charge is 0.225 e. The molecule has 2 aliphatic heterocycles. The van der Waals surface area contributed by atoms with Gasteiger partial charge in [-0.3, -0.25) is 9.69 Å². The molecule has 2 fully saturated rings. The van der Waals surface area contributed by atoms with Crippen molar-refractivity contribution in [2.75, 3.05) is 37.6 Å². The van der Waals surface area contributed by atoms with Crippen molar-refractivity contribution in [1.29, 1.82) is 0 Å². The highest BCUT2D eigenvalue weighted by Crippen LogP contribution is 2.42. The van der Waals surface area contributed by atoms with Gasteiger partial charge in [0.2, 0.25) is 11.9 Å². The minimum atomic E-state index is -0.517. The van der Waals surface area contributed by atoms with Crippen LogP contribution in [-0.2, 0) is 27.4 Å². The summed E-state index contributed by atoms with van der Waals surface area (Å²) in [5, 5.41) is 12.7. The molecule has 0 bridgehead atoms. The van der Waals surface area contributed by atoms with Crippen LogP contribution in [0.4, 0.5) is 5.95 Å². The average molecular weight is 728 g/mol. The zero-order valence-electron chi connectivity index (χ0n) is 32.5. The number of carbonyl (C=O) groups excluding carboxylic acids is 1. The number of amides is 1. The predicted molar refractivity (Wildman–Crippen MR) is 212 cm³/mol. The lowest BCUT2D eigenvalue weighted by Crippen LogP contribution is -2.51. The Morgan fingerprint density at radius 3 is 1.92 bits per heavy atom. The van der Waals surface area contributed by atoms with Crippen LogP contribution in [0.3, 0.4) is 0 Å². The fourth-order valence-electron chi connectivity index (χ4n) is 7.55. The first kappa shape index (κ1) is 40.8. The van der Waals surface area contributed by atoms with Crippen LogP contribution in [0.1, 0.15) is 138 Å². The van der Waals surface area contributed by atoms with Crippen molar-refractivity contribution in [1.82, 2.24) is 20.2 Å². The molecule has 2 saturated heterocycles. The molecule has 9 heteroatoms. The van der Waals surface area contributed by atoms with Gasteiger partial charge in [-0.1, -0.05) is 139 Å². The quantitative estimate of drug-likeness (QED) is 0.0993. The zero-order chi connectivity index (χ0) is 37.1. The Morgan fingerprint density at radius 1 is 0.755 bits per heavy atom. The number of aliphatic hydroxyl groups excluding tert-OH is 1. The number of benzene rings is 2. The van der Waals surface area contributed by atoms with Crippen LogP contribution >= 0.6 is 0 Å². The monoisotopic (exact) mass is 728 g/mol. The van der Waals surface area contributed by atoms with E-state index in [4.69, 9.17) is 9.47 Å². The molecule has 3 aromatic rings. The summed E-state index contributed by atoms with van der Waals surface area (Å²) in [6.45, 7) is 9.38. The second-order valence-electron chi connectivity index (χ2n) is 15.2. The van der Waals surface area contributed by atoms with Gasteiger partial charge in [-0.25, -0.2) is 9.97 Å². The number of carbonyl (C=O) groups is 1. The molecule has 2 N–H and O–H groups in total. The topological polar surface area (TPSA) is 100 Å². The standard InChI is InChI=1S/C44H65N5O4/c1-3-4-5-6-7-8-9-10-11-12-13-14-15-17-41(51)47-32-36-18-24-39(25-19-36)43-52-40(35(2)42(53-43)38-22-20-37(34-50)21-23-38)33-48-28-30-49(31-29-48)44-45-26-16-27-46-44/h16,18-27,35,40,42-43,50H,3-15,17,28-34H2,1-2H3,(H,47,51)/t35-,40+,42+,43?/m0/s1. The maximum atomic E-state index is 12.6. The summed E-state index contributed by atoms with van der Waals surface area (Å²) in [6.07, 6.45) is 20.4. The number of aliphatic hydroxyl groups is 1. The van der Waals surface area contributed by atoms with Gasteiger partial charge < -0.3 is 24.8 Å². The lowest BCUT2D eigenvalue weighted by atomic mass is 9.90. The number of anilines is 1. The number of piperazine rings is 1. The van der Waals surface area contributed by atoms with Gasteiger partial charge in [0.25, 0.3) is 0 Å². The van der Waals surface area contributed by atoms with Gasteiger partial charge in [0.15, 0.2) is 6.29 Å². The summed E-state index contributed by atoms with van der Waals surface area (Å²) < 4.78 is 13.4. The van der Waals surface area contributed by atoms with Gasteiger partial charge in [0.05, 0.1) is 18.8 Å². The van der Waals surface area contributed by atoms with E-state index in [9.17, 15) is 9.90 Å². The third kappa shape index (κ3) is 13.5. The van der Waals surface area contributed by atoms with E-state index in [1.807, 2.05) is 18.2 Å². The molecule has 4 atom stereocenters. The highest BCUT2D eigenvalue weighted by atomic mass is 16.7. The second kappa shape index (κ2) is 22.8. The van der Waals surface area contributed by atoms with E-state index in [2.05, 4.69) is 75.3 Å². The summed E-state index contributed by atoms with van der Waals surface area (Å²) in [6, 6.07) is 18.2. The van der Waals surface area contributed by atoms with Crippen LogP contribution in [0.2, 0.25) is 0 Å². The molecule has 5 rings (SSSR count). The number of nitrogens with one attached hydrogen (secondary N) is 1. The van der Waals surface area contributed by atoms with E-state index in [1.54, 1.807) is 12.4 Å². The van der Waals surface area contributed by atoms with Gasteiger partial charge in [-0.15, -0.1) is 0 Å². The van der Waals surface area contributed by atoms with E-state index < -0.39 is 6.29 Å². The Bertz CT molecular complexity index is 1430. The molecule has 2 aliphatic rings. The highest BCUT2D eigenvalue weighted by molar-refractivity contribution is 5.75. The molecule has 0 aliphatic carbocycles. The lowest BCUT2D eigenvalue weighted by molar-refractivity contribution is -0.276. The molecule has 0 saturated carbocycles. The Kier molecular flexibility index (Phi) is 17.5. The Labute approximate surface area is 318 Å². The number of hydrogen-bond acceptors (Lipinski definition) is 8. The first-order chi connectivity index (χ1) is 26.0. The second-order valence-corrected chi connectivity index (χ2v) is 15.2. The Balaban J connectivity index is 1.06. The Morgan fingerprint density at radius 2 is 1.32 bits per heavy atom. The largest absolute Gasteiger partial charge is 0.392 e. The van der Waals surface area contributed by atoms with Crippen LogP contribution in [0.15, 0.2) is 67.0 Å². The van der Waals surface area contributed by atoms with Crippen LogP contribution in [0.25, 0.3) is 0 Å². The van der Waals surface area contributed by atoms with Gasteiger partial charge >= 0.3 is 0 Å². The third-order valence-electron chi connectivity index (χ3n) is 11.0. The van der Waals surface area contributed by atoms with Crippen molar-refractivity contribution in [3.63, 3.8) is 0 Å². The van der Waals surface area contributed by atoms with Crippen LogP contribution in [0, 0.1) is 5.92 Å². The van der Waals surface area contributed by atoms with Crippen molar-refractivity contribution >= 4 is 11.9 Å². The van der Waals surface area contributed by atoms with Crippen molar-refractivity contribution in [2.24, 2.45) is 5.92 Å². The first-order valence-corrected chi connectivity index (χ1v) is 20.6. The first-order valence-electron chi connectivity index (χ1n) is 20.6. The highest BCUT2D eigenvalue weighted by Gasteiger charge is 2.39. The van der Waals surface area contributed by atoms with Crippen LogP contribution in [-0.4, -0.2) is 64.7 Å². The van der Waals surface area contributed by atoms with Crippen molar-refractivity contribution in [3.8, 4) is 0 Å². The molecule has 1 aromatic heterocycles. The number of hydrogen-bond donors (Lipinski definition) is 2. The predicted octanol–water partition coefficient (Wildman–Crippen LogP) is 8.68. The van der Waals surface area contributed by atoms with E-state index in [-0.39, 0.29) is 30.6 Å². The molecular formula is C44H65N5O4. The normalized spacial score (nSPS) is 20.8. The number of aromatic nitrogens is 2. The molecular weight excluding hydrogens is 663 g/mol. The molecule has 1 amide bonds. The number of unbranched alkanes of at least 4 members (excludes halogenated alkanes) is 12. The number of ether oxygens (including phenoxy) is 2. The minimum Gasteiger partial charge on any atom is -0.392 e. The maximum Gasteiger partial charge on any atom is 0.225 e. The van der Waals surface area contributed by atoms with E-state index in [0.29, 0.717) is 13.0 Å². The summed E-state index contributed by atoms with van der Waals surface area (Å²) in [5.41, 5.74) is 3.99. The van der Waals surface area contributed by atoms with Crippen molar-refractivity contribution in [2.45, 2.75) is 135 Å². The van der Waals surface area contributed by atoms with Gasteiger partial charge in [0, 0.05) is 69.6 Å². The SMILES string of the molecule is CCCCCCCCCCCCCCCC(=O)NCc1ccc(C2O[C@H](CN3CCN(c4ncccn4)CC3)[C@H](C)[C@H](c3ccc(CO)cc3)O2)cc1. The average Bonchev–Trinajstić information content (AvgIpc) is 3.20. The molecule has 2 aromatic carbocycles. The fourth-order valence-corrected chi connectivity index (χ4v) is 7.55. The van der Waals surface area contributed by atoms with E-state index in [0.717, 1.165) is 73.8 Å². The molecule has 9 nitrogen and oxygen atoms in total. The van der Waals surface area contributed by atoms with Gasteiger partial charge in [-0.2, -0.15) is 0 Å². The minimum absolute atomic E-state index is 0.0158. The summed E-state index contributed by atoms with van der Waals surface area (Å²) in [7, 11) is 0. The maximum absolute atomic E-state index is 12.6. The zero-order valence-corrected chi connectivity index (χ0v) is 32.5. The molecule has 290 valence electrons. The molecule has 3 heterocycles. The molecule has 1 unspecified atom stereocenters. The number of nitrogens with zero attached hydrogens (tertiary/aromatic N) is 4. The molecule has 0 spiro atoms. The third-order valence-corrected chi connectivity index (χ3v) is 11.0. The van der Waals surface area contributed by atoms with E-state index >= 15 is 0 Å². The summed E-state index contributed by atoms with van der Waals surface area (Å²) in [5.74, 6) is 1.03. The van der Waals surface area contributed by atoms with Crippen LogP contribution in [0.5, 0.6) is 0 Å². The van der Waals surface area contributed by atoms with Crippen LogP contribution < -0.4 is 10.2 Å². The summed E-state index contributed by atoms with van der Waals surface area (Å²) in [4.78, 5) is 26.2. The van der Waals surface area contributed by atoms with Crippen molar-refractivity contribution in [3.05, 3.63) is 89.2 Å². The molecule has 53 heavy (non-hydrogen) atoms. The van der Waals surface area contributed by atoms with Gasteiger partial charge in [-0.05, 0) is 29.2 Å². The van der Waals surface area contributed by atoms with Crippen molar-refractivity contribution < 1.29 is 19.4 Å². The fraction of sp³-hybridized carbons (Fsp3) is 0.614. The lowest BCUT2D eigenvalue weighted by Gasteiger charge is -2.44. The number of rotatable bonds is 22. The summed E-state index contributed by atoms with van der Waals surface area (Å²) >= 11 is 0.